The quantitative estimate of drug-likeness (QED) is 0.681. The highest BCUT2D eigenvalue weighted by Gasteiger charge is 2.18. The van der Waals surface area contributed by atoms with E-state index in [9.17, 15) is 14.7 Å². The zero-order chi connectivity index (χ0) is 18.2. The van der Waals surface area contributed by atoms with E-state index < -0.39 is 12.0 Å². The Morgan fingerprint density at radius 1 is 1.12 bits per heavy atom. The van der Waals surface area contributed by atoms with Gasteiger partial charge < -0.3 is 15.2 Å². The predicted molar refractivity (Wildman–Crippen MR) is 97.4 cm³/mol. The Bertz CT molecular complexity index is 726. The maximum absolute atomic E-state index is 12.2. The lowest BCUT2D eigenvalue weighted by Crippen LogP contribution is -2.30. The number of nitrogens with one attached hydrogen (secondary N) is 1. The van der Waals surface area contributed by atoms with Gasteiger partial charge in [-0.05, 0) is 42.7 Å². The summed E-state index contributed by atoms with van der Waals surface area (Å²) < 4.78 is 5.42. The van der Waals surface area contributed by atoms with E-state index in [0.717, 1.165) is 16.3 Å². The molecule has 25 heavy (non-hydrogen) atoms. The SMILES string of the molecule is CC(C)OCCCC(=O)N[C@@H](CC(=O)O)c1ccc2ccccc2c1. The van der Waals surface area contributed by atoms with Gasteiger partial charge in [-0.25, -0.2) is 0 Å². The Labute approximate surface area is 148 Å². The van der Waals surface area contributed by atoms with Gasteiger partial charge in [0.25, 0.3) is 0 Å². The second-order valence-corrected chi connectivity index (χ2v) is 6.35. The molecule has 0 aliphatic rings. The molecule has 0 saturated carbocycles. The first-order valence-corrected chi connectivity index (χ1v) is 8.57. The molecule has 2 aromatic carbocycles. The molecule has 5 heteroatoms. The summed E-state index contributed by atoms with van der Waals surface area (Å²) in [6, 6.07) is 13.1. The summed E-state index contributed by atoms with van der Waals surface area (Å²) in [5, 5.41) is 14.1. The maximum atomic E-state index is 12.2. The maximum Gasteiger partial charge on any atom is 0.305 e. The van der Waals surface area contributed by atoms with Gasteiger partial charge in [0.2, 0.25) is 5.91 Å². The van der Waals surface area contributed by atoms with Crippen LogP contribution in [0.3, 0.4) is 0 Å². The molecule has 0 unspecified atom stereocenters. The minimum absolute atomic E-state index is 0.139. The van der Waals surface area contributed by atoms with Gasteiger partial charge in [0.05, 0.1) is 18.6 Å². The highest BCUT2D eigenvalue weighted by Crippen LogP contribution is 2.23. The topological polar surface area (TPSA) is 75.6 Å². The fraction of sp³-hybridized carbons (Fsp3) is 0.400. The highest BCUT2D eigenvalue weighted by molar-refractivity contribution is 5.84. The Balaban J connectivity index is 2.04. The number of benzene rings is 2. The lowest BCUT2D eigenvalue weighted by molar-refractivity contribution is -0.137. The zero-order valence-corrected chi connectivity index (χ0v) is 14.7. The molecule has 0 bridgehead atoms. The van der Waals surface area contributed by atoms with Crippen LogP contribution in [0.15, 0.2) is 42.5 Å². The number of carboxylic acid groups (broad SMARTS) is 1. The van der Waals surface area contributed by atoms with Gasteiger partial charge in [-0.2, -0.15) is 0 Å². The normalized spacial score (nSPS) is 12.3. The molecule has 2 aromatic rings. The summed E-state index contributed by atoms with van der Waals surface area (Å²) in [6.45, 7) is 4.41. The summed E-state index contributed by atoms with van der Waals surface area (Å²) in [6.07, 6.45) is 0.922. The van der Waals surface area contributed by atoms with Gasteiger partial charge in [-0.3, -0.25) is 9.59 Å². The zero-order valence-electron chi connectivity index (χ0n) is 14.7. The third-order valence-electron chi connectivity index (χ3n) is 3.89. The summed E-state index contributed by atoms with van der Waals surface area (Å²) >= 11 is 0. The Hall–Kier alpha value is -2.40. The van der Waals surface area contributed by atoms with Crippen LogP contribution in [0.2, 0.25) is 0 Å². The van der Waals surface area contributed by atoms with E-state index in [0.29, 0.717) is 19.4 Å². The molecule has 0 spiro atoms. The molecule has 0 aliphatic carbocycles. The molecule has 0 aromatic heterocycles. The van der Waals surface area contributed by atoms with E-state index in [2.05, 4.69) is 5.32 Å². The number of carbonyl (C=O) groups excluding carboxylic acids is 1. The number of amides is 1. The fourth-order valence-electron chi connectivity index (χ4n) is 2.67. The van der Waals surface area contributed by atoms with Crippen LogP contribution in [-0.4, -0.2) is 29.7 Å². The number of fused-ring (bicyclic) bond motifs is 1. The standard InChI is InChI=1S/C20H25NO4/c1-14(2)25-11-5-8-19(22)21-18(13-20(23)24)17-10-9-15-6-3-4-7-16(15)12-17/h3-4,6-7,9-10,12,14,18H,5,8,11,13H2,1-2H3,(H,21,22)(H,23,24)/t18-/m0/s1. The van der Waals surface area contributed by atoms with E-state index >= 15 is 0 Å². The first-order chi connectivity index (χ1) is 12.0. The van der Waals surface area contributed by atoms with Gasteiger partial charge >= 0.3 is 5.97 Å². The molecule has 0 heterocycles. The van der Waals surface area contributed by atoms with Crippen molar-refractivity contribution in [1.29, 1.82) is 0 Å². The van der Waals surface area contributed by atoms with Crippen molar-refractivity contribution in [3.8, 4) is 0 Å². The summed E-state index contributed by atoms with van der Waals surface area (Å²) in [7, 11) is 0. The van der Waals surface area contributed by atoms with Gasteiger partial charge in [0.1, 0.15) is 0 Å². The summed E-state index contributed by atoms with van der Waals surface area (Å²) in [5.74, 6) is -1.10. The van der Waals surface area contributed by atoms with E-state index in [-0.39, 0.29) is 18.4 Å². The second kappa shape index (κ2) is 9.18. The Morgan fingerprint density at radius 2 is 1.84 bits per heavy atom. The molecule has 1 atom stereocenters. The molecule has 5 nitrogen and oxygen atoms in total. The Kier molecular flexibility index (Phi) is 6.95. The molecule has 2 N–H and O–H groups in total. The Morgan fingerprint density at radius 3 is 2.52 bits per heavy atom. The summed E-state index contributed by atoms with van der Waals surface area (Å²) in [5.41, 5.74) is 0.799. The van der Waals surface area contributed by atoms with Crippen molar-refractivity contribution >= 4 is 22.6 Å². The van der Waals surface area contributed by atoms with Crippen molar-refractivity contribution in [3.05, 3.63) is 48.0 Å². The van der Waals surface area contributed by atoms with Gasteiger partial charge in [0, 0.05) is 13.0 Å². The van der Waals surface area contributed by atoms with Crippen molar-refractivity contribution in [2.45, 2.75) is 45.3 Å². The summed E-state index contributed by atoms with van der Waals surface area (Å²) in [4.78, 5) is 23.3. The largest absolute Gasteiger partial charge is 0.481 e. The van der Waals surface area contributed by atoms with Crippen LogP contribution < -0.4 is 5.32 Å². The van der Waals surface area contributed by atoms with Gasteiger partial charge in [-0.15, -0.1) is 0 Å². The third-order valence-corrected chi connectivity index (χ3v) is 3.89. The predicted octanol–water partition coefficient (Wildman–Crippen LogP) is 3.68. The van der Waals surface area contributed by atoms with Crippen molar-refractivity contribution < 1.29 is 19.4 Å². The molecular formula is C20H25NO4. The lowest BCUT2D eigenvalue weighted by Gasteiger charge is -2.18. The van der Waals surface area contributed by atoms with Crippen LogP contribution in [0.4, 0.5) is 0 Å². The molecule has 1 amide bonds. The molecule has 0 radical (unpaired) electrons. The minimum atomic E-state index is -0.943. The van der Waals surface area contributed by atoms with E-state index in [1.165, 1.54) is 0 Å². The second-order valence-electron chi connectivity index (χ2n) is 6.35. The minimum Gasteiger partial charge on any atom is -0.481 e. The monoisotopic (exact) mass is 343 g/mol. The van der Waals surface area contributed by atoms with Crippen LogP contribution >= 0.6 is 0 Å². The van der Waals surface area contributed by atoms with E-state index in [1.807, 2.05) is 56.3 Å². The third kappa shape index (κ3) is 6.19. The van der Waals surface area contributed by atoms with Crippen LogP contribution in [0.1, 0.15) is 44.7 Å². The van der Waals surface area contributed by atoms with Crippen LogP contribution in [-0.2, 0) is 14.3 Å². The van der Waals surface area contributed by atoms with Crippen LogP contribution in [0.25, 0.3) is 10.8 Å². The number of carbonyl (C=O) groups is 2. The first kappa shape index (κ1) is 18.9. The molecule has 2 rings (SSSR count). The smallest absolute Gasteiger partial charge is 0.305 e. The van der Waals surface area contributed by atoms with Crippen LogP contribution in [0.5, 0.6) is 0 Å². The van der Waals surface area contributed by atoms with Gasteiger partial charge in [0.15, 0.2) is 0 Å². The first-order valence-electron chi connectivity index (χ1n) is 8.57. The number of hydrogen-bond acceptors (Lipinski definition) is 3. The molecule has 134 valence electrons. The number of rotatable bonds is 9. The molecular weight excluding hydrogens is 318 g/mol. The van der Waals surface area contributed by atoms with Crippen LogP contribution in [0, 0.1) is 0 Å². The number of aliphatic carboxylic acids is 1. The van der Waals surface area contributed by atoms with Crippen molar-refractivity contribution in [2.24, 2.45) is 0 Å². The van der Waals surface area contributed by atoms with E-state index in [1.54, 1.807) is 0 Å². The average molecular weight is 343 g/mol. The molecule has 0 saturated heterocycles. The van der Waals surface area contributed by atoms with Gasteiger partial charge in [-0.1, -0.05) is 36.4 Å². The number of hydrogen-bond donors (Lipinski definition) is 2. The average Bonchev–Trinajstić information content (AvgIpc) is 2.57. The van der Waals surface area contributed by atoms with Crippen molar-refractivity contribution in [1.82, 2.24) is 5.32 Å². The number of carboxylic acids is 1. The number of ether oxygens (including phenoxy) is 1. The van der Waals surface area contributed by atoms with Crippen molar-refractivity contribution in [2.75, 3.05) is 6.61 Å². The highest BCUT2D eigenvalue weighted by atomic mass is 16.5. The van der Waals surface area contributed by atoms with E-state index in [4.69, 9.17) is 4.74 Å². The lowest BCUT2D eigenvalue weighted by atomic mass is 9.99. The molecule has 0 fully saturated rings. The fourth-order valence-corrected chi connectivity index (χ4v) is 2.67. The van der Waals surface area contributed by atoms with Crippen molar-refractivity contribution in [3.63, 3.8) is 0 Å². The molecule has 0 aliphatic heterocycles.